The van der Waals surface area contributed by atoms with Gasteiger partial charge in [0.1, 0.15) is 10.7 Å². The van der Waals surface area contributed by atoms with Crippen LogP contribution in [0.1, 0.15) is 24.2 Å². The van der Waals surface area contributed by atoms with Gasteiger partial charge in [-0.3, -0.25) is 0 Å². The quantitative estimate of drug-likeness (QED) is 0.842. The maximum absolute atomic E-state index is 12.3. The van der Waals surface area contributed by atoms with Crippen molar-refractivity contribution in [3.63, 3.8) is 0 Å². The third kappa shape index (κ3) is 2.35. The molecule has 23 heavy (non-hydrogen) atoms. The van der Waals surface area contributed by atoms with Gasteiger partial charge in [0.25, 0.3) is 10.0 Å². The third-order valence-electron chi connectivity index (χ3n) is 4.59. The van der Waals surface area contributed by atoms with Crippen molar-refractivity contribution in [2.45, 2.75) is 37.2 Å². The predicted octanol–water partition coefficient (Wildman–Crippen LogP) is 1.81. The van der Waals surface area contributed by atoms with E-state index in [2.05, 4.69) is 18.8 Å². The van der Waals surface area contributed by atoms with E-state index in [9.17, 15) is 8.42 Å². The van der Waals surface area contributed by atoms with Crippen LogP contribution in [-0.4, -0.2) is 41.3 Å². The molecule has 1 atom stereocenters. The standard InChI is InChI=1S/C16H18N4O2S/c1-12-17-8-10-19(12)11-13-5-4-9-20(13)16-14-6-2-3-7-15(14)23(21,22)18-16/h2-3,6-8,10,13H,4-5,9,11H2,1H3. The molecule has 1 aromatic heterocycles. The van der Waals surface area contributed by atoms with E-state index in [0.29, 0.717) is 10.7 Å². The first kappa shape index (κ1) is 14.4. The van der Waals surface area contributed by atoms with Crippen molar-refractivity contribution in [1.29, 1.82) is 0 Å². The lowest BCUT2D eigenvalue weighted by Crippen LogP contribution is -2.38. The van der Waals surface area contributed by atoms with Crippen molar-refractivity contribution < 1.29 is 8.42 Å². The zero-order chi connectivity index (χ0) is 16.0. The summed E-state index contributed by atoms with van der Waals surface area (Å²) in [6.07, 6.45) is 5.83. The molecule has 0 spiro atoms. The molecule has 0 N–H and O–H groups in total. The first-order valence-corrected chi connectivity index (χ1v) is 9.19. The number of imidazole rings is 1. The van der Waals surface area contributed by atoms with E-state index >= 15 is 0 Å². The lowest BCUT2D eigenvalue weighted by molar-refractivity contribution is 0.347. The minimum Gasteiger partial charge on any atom is -0.351 e. The summed E-state index contributed by atoms with van der Waals surface area (Å²) in [6, 6.07) is 7.32. The van der Waals surface area contributed by atoms with Gasteiger partial charge in [-0.15, -0.1) is 4.40 Å². The molecular weight excluding hydrogens is 312 g/mol. The molecule has 3 heterocycles. The molecule has 0 aliphatic carbocycles. The Bertz CT molecular complexity index is 885. The largest absolute Gasteiger partial charge is 0.351 e. The summed E-state index contributed by atoms with van der Waals surface area (Å²) >= 11 is 0. The molecule has 0 radical (unpaired) electrons. The SMILES string of the molecule is Cc1nccn1CC1CCCN1C1=NS(=O)(=O)c2ccccc21. The first-order chi connectivity index (χ1) is 11.1. The maximum atomic E-state index is 12.3. The van der Waals surface area contributed by atoms with Crippen molar-refractivity contribution in [1.82, 2.24) is 14.5 Å². The number of sulfonamides is 1. The molecule has 2 aliphatic heterocycles. The summed E-state index contributed by atoms with van der Waals surface area (Å²) in [5.74, 6) is 1.57. The number of fused-ring (bicyclic) bond motifs is 1. The fraction of sp³-hybridized carbons (Fsp3) is 0.375. The molecule has 0 saturated carbocycles. The Kier molecular flexibility index (Phi) is 3.26. The molecule has 7 heteroatoms. The average molecular weight is 330 g/mol. The molecule has 2 aliphatic rings. The van der Waals surface area contributed by atoms with Crippen LogP contribution >= 0.6 is 0 Å². The minimum absolute atomic E-state index is 0.239. The number of hydrogen-bond acceptors (Lipinski definition) is 4. The Morgan fingerprint density at radius 1 is 1.30 bits per heavy atom. The molecule has 2 aromatic rings. The van der Waals surface area contributed by atoms with Gasteiger partial charge in [-0.2, -0.15) is 8.42 Å². The van der Waals surface area contributed by atoms with Gasteiger partial charge in [0, 0.05) is 37.1 Å². The number of amidine groups is 1. The molecule has 1 saturated heterocycles. The maximum Gasteiger partial charge on any atom is 0.285 e. The van der Waals surface area contributed by atoms with Crippen LogP contribution in [0.4, 0.5) is 0 Å². The van der Waals surface area contributed by atoms with E-state index in [1.807, 2.05) is 25.3 Å². The second-order valence-electron chi connectivity index (χ2n) is 6.00. The van der Waals surface area contributed by atoms with Crippen molar-refractivity contribution in [2.24, 2.45) is 4.40 Å². The van der Waals surface area contributed by atoms with Gasteiger partial charge in [-0.1, -0.05) is 12.1 Å². The van der Waals surface area contributed by atoms with Crippen LogP contribution in [0.25, 0.3) is 0 Å². The molecule has 4 rings (SSSR count). The summed E-state index contributed by atoms with van der Waals surface area (Å²) in [7, 11) is -3.56. The zero-order valence-electron chi connectivity index (χ0n) is 12.9. The van der Waals surface area contributed by atoms with Crippen LogP contribution in [0, 0.1) is 6.92 Å². The van der Waals surface area contributed by atoms with Crippen LogP contribution in [0.3, 0.4) is 0 Å². The highest BCUT2D eigenvalue weighted by Crippen LogP contribution is 2.31. The number of nitrogens with zero attached hydrogens (tertiary/aromatic N) is 4. The second-order valence-corrected chi connectivity index (χ2v) is 7.57. The Hall–Kier alpha value is -2.15. The fourth-order valence-electron chi connectivity index (χ4n) is 3.42. The topological polar surface area (TPSA) is 67.6 Å². The van der Waals surface area contributed by atoms with Crippen molar-refractivity contribution in [3.05, 3.63) is 48.0 Å². The number of rotatable bonds is 2. The number of aryl methyl sites for hydroxylation is 1. The normalized spacial score (nSPS) is 22.2. The monoisotopic (exact) mass is 330 g/mol. The van der Waals surface area contributed by atoms with Crippen LogP contribution in [0.2, 0.25) is 0 Å². The molecule has 1 aromatic carbocycles. The highest BCUT2D eigenvalue weighted by Gasteiger charge is 2.36. The van der Waals surface area contributed by atoms with Gasteiger partial charge in [0.2, 0.25) is 0 Å². The molecule has 1 unspecified atom stereocenters. The van der Waals surface area contributed by atoms with Gasteiger partial charge in [0.05, 0.1) is 0 Å². The minimum atomic E-state index is -3.56. The number of hydrogen-bond donors (Lipinski definition) is 0. The summed E-state index contributed by atoms with van der Waals surface area (Å²) in [6.45, 7) is 3.61. The van der Waals surface area contributed by atoms with Gasteiger partial charge >= 0.3 is 0 Å². The summed E-state index contributed by atoms with van der Waals surface area (Å²) in [4.78, 5) is 6.72. The molecule has 120 valence electrons. The predicted molar refractivity (Wildman–Crippen MR) is 86.9 cm³/mol. The number of benzene rings is 1. The smallest absolute Gasteiger partial charge is 0.285 e. The van der Waals surface area contributed by atoms with E-state index < -0.39 is 10.0 Å². The van der Waals surface area contributed by atoms with Crippen molar-refractivity contribution >= 4 is 15.9 Å². The number of likely N-dealkylation sites (tertiary alicyclic amines) is 1. The average Bonchev–Trinajstić information content (AvgIpc) is 3.20. The van der Waals surface area contributed by atoms with Crippen molar-refractivity contribution in [3.8, 4) is 0 Å². The molecule has 0 amide bonds. The van der Waals surface area contributed by atoms with Crippen LogP contribution in [-0.2, 0) is 16.6 Å². The zero-order valence-corrected chi connectivity index (χ0v) is 13.7. The molecule has 0 bridgehead atoms. The first-order valence-electron chi connectivity index (χ1n) is 7.75. The second kappa shape index (κ2) is 5.19. The van der Waals surface area contributed by atoms with E-state index in [4.69, 9.17) is 0 Å². The van der Waals surface area contributed by atoms with E-state index in [-0.39, 0.29) is 6.04 Å². The summed E-state index contributed by atoms with van der Waals surface area (Å²) in [5.41, 5.74) is 0.724. The third-order valence-corrected chi connectivity index (χ3v) is 5.92. The van der Waals surface area contributed by atoms with Crippen LogP contribution in [0.15, 0.2) is 46.0 Å². The van der Waals surface area contributed by atoms with E-state index in [1.165, 1.54) is 0 Å². The Labute approximate surface area is 135 Å². The van der Waals surface area contributed by atoms with Crippen LogP contribution in [0.5, 0.6) is 0 Å². The van der Waals surface area contributed by atoms with Crippen LogP contribution < -0.4 is 0 Å². The van der Waals surface area contributed by atoms with Gasteiger partial charge in [0.15, 0.2) is 5.84 Å². The van der Waals surface area contributed by atoms with E-state index in [1.54, 1.807) is 18.3 Å². The molecular formula is C16H18N4O2S. The van der Waals surface area contributed by atoms with Gasteiger partial charge in [-0.25, -0.2) is 4.98 Å². The lowest BCUT2D eigenvalue weighted by Gasteiger charge is -2.27. The Balaban J connectivity index is 1.69. The summed E-state index contributed by atoms with van der Waals surface area (Å²) < 4.78 is 30.7. The Morgan fingerprint density at radius 2 is 2.13 bits per heavy atom. The van der Waals surface area contributed by atoms with Gasteiger partial charge in [-0.05, 0) is 31.9 Å². The molecule has 6 nitrogen and oxygen atoms in total. The highest BCUT2D eigenvalue weighted by atomic mass is 32.2. The van der Waals surface area contributed by atoms with E-state index in [0.717, 1.165) is 37.3 Å². The fourth-order valence-corrected chi connectivity index (χ4v) is 4.64. The number of aromatic nitrogens is 2. The van der Waals surface area contributed by atoms with Gasteiger partial charge < -0.3 is 9.47 Å². The van der Waals surface area contributed by atoms with Crippen molar-refractivity contribution in [2.75, 3.05) is 6.54 Å². The highest BCUT2D eigenvalue weighted by molar-refractivity contribution is 7.90. The summed E-state index contributed by atoms with van der Waals surface area (Å²) in [5, 5.41) is 0. The molecule has 1 fully saturated rings. The Morgan fingerprint density at radius 3 is 2.91 bits per heavy atom. The lowest BCUT2D eigenvalue weighted by atomic mass is 10.1.